The maximum atomic E-state index is 12.6. The standard InChI is InChI=1S/C67H129NO4/c1-3-5-7-9-11-13-15-17-19-21-23-25-27-28-29-30-31-32-33-34-35-36-37-38-40-42-44-46-48-50-52-54-56-58-60-62-66(71)68-64(63-69)67(72)65(70)61-59-57-55-53-51-49-47-45-43-41-39-26-24-22-20-18-16-14-12-10-8-6-4-2/h27-28,30-31,53,55,64-65,67,69-70,72H,3-26,29,32-52,54,56-63H2,1-2H3,(H,68,71)/b28-27-,31-30-,55-53+. The van der Waals surface area contributed by atoms with Crippen molar-refractivity contribution in [3.63, 3.8) is 0 Å². The predicted molar refractivity (Wildman–Crippen MR) is 319 cm³/mol. The van der Waals surface area contributed by atoms with Crippen LogP contribution in [0.2, 0.25) is 0 Å². The molecule has 3 atom stereocenters. The molecule has 4 N–H and O–H groups in total. The second kappa shape index (κ2) is 62.1. The number of rotatable bonds is 61. The minimum Gasteiger partial charge on any atom is -0.394 e. The molecule has 1 amide bonds. The Morgan fingerprint density at radius 3 is 0.889 bits per heavy atom. The molecule has 426 valence electrons. The van der Waals surface area contributed by atoms with Gasteiger partial charge in [0.2, 0.25) is 5.91 Å². The molecule has 0 saturated carbocycles. The molecular weight excluding hydrogens is 883 g/mol. The van der Waals surface area contributed by atoms with E-state index in [2.05, 4.69) is 55.6 Å². The lowest BCUT2D eigenvalue weighted by Gasteiger charge is -2.26. The Labute approximate surface area is 451 Å². The Morgan fingerprint density at radius 2 is 0.597 bits per heavy atom. The van der Waals surface area contributed by atoms with Crippen LogP contribution in [0.5, 0.6) is 0 Å². The molecule has 0 aromatic carbocycles. The first-order valence-electron chi connectivity index (χ1n) is 32.8. The number of nitrogens with one attached hydrogen (secondary N) is 1. The van der Waals surface area contributed by atoms with Crippen molar-refractivity contribution in [2.24, 2.45) is 0 Å². The van der Waals surface area contributed by atoms with Gasteiger partial charge < -0.3 is 20.6 Å². The van der Waals surface area contributed by atoms with Crippen molar-refractivity contribution in [1.82, 2.24) is 5.32 Å². The summed E-state index contributed by atoms with van der Waals surface area (Å²) < 4.78 is 0. The van der Waals surface area contributed by atoms with Crippen LogP contribution in [0, 0.1) is 0 Å². The normalized spacial score (nSPS) is 13.3. The van der Waals surface area contributed by atoms with E-state index in [0.717, 1.165) is 44.9 Å². The summed E-state index contributed by atoms with van der Waals surface area (Å²) in [6, 6.07) is -0.827. The molecule has 0 aliphatic rings. The fraction of sp³-hybridized carbons (Fsp3) is 0.896. The van der Waals surface area contributed by atoms with Crippen LogP contribution >= 0.6 is 0 Å². The summed E-state index contributed by atoms with van der Waals surface area (Å²) in [5.74, 6) is -0.148. The molecule has 0 aliphatic carbocycles. The monoisotopic (exact) mass is 1010 g/mol. The van der Waals surface area contributed by atoms with Gasteiger partial charge in [-0.1, -0.05) is 320 Å². The first-order chi connectivity index (χ1) is 35.6. The smallest absolute Gasteiger partial charge is 0.220 e. The lowest BCUT2D eigenvalue weighted by Crippen LogP contribution is -2.50. The lowest BCUT2D eigenvalue weighted by atomic mass is 10.0. The SMILES string of the molecule is CCCCCCCCCCCCC/C=C\C/C=C\CCCCCCCCCCCCCCCCCCCC(=O)NC(CO)C(O)C(O)CCC/C=C/CCCCCCCCCCCCCCCCCCCC. The number of amides is 1. The number of hydrogen-bond donors (Lipinski definition) is 4. The highest BCUT2D eigenvalue weighted by atomic mass is 16.3. The van der Waals surface area contributed by atoms with E-state index in [1.807, 2.05) is 0 Å². The van der Waals surface area contributed by atoms with Gasteiger partial charge in [-0.15, -0.1) is 0 Å². The van der Waals surface area contributed by atoms with Gasteiger partial charge in [-0.3, -0.25) is 4.79 Å². The van der Waals surface area contributed by atoms with Crippen molar-refractivity contribution >= 4 is 5.91 Å². The molecule has 0 saturated heterocycles. The predicted octanol–water partition coefficient (Wildman–Crippen LogP) is 21.0. The number of carbonyl (C=O) groups excluding carboxylic acids is 1. The fourth-order valence-electron chi connectivity index (χ4n) is 10.4. The molecule has 0 rings (SSSR count). The summed E-state index contributed by atoms with van der Waals surface area (Å²) in [7, 11) is 0. The zero-order valence-electron chi connectivity index (χ0n) is 48.8. The number of aliphatic hydroxyl groups excluding tert-OH is 3. The van der Waals surface area contributed by atoms with E-state index >= 15 is 0 Å². The van der Waals surface area contributed by atoms with E-state index in [-0.39, 0.29) is 12.5 Å². The van der Waals surface area contributed by atoms with Crippen molar-refractivity contribution in [3.05, 3.63) is 36.5 Å². The van der Waals surface area contributed by atoms with Crippen molar-refractivity contribution in [2.75, 3.05) is 6.61 Å². The number of allylic oxidation sites excluding steroid dienone is 6. The molecule has 0 aliphatic heterocycles. The molecule has 3 unspecified atom stereocenters. The van der Waals surface area contributed by atoms with Crippen molar-refractivity contribution in [1.29, 1.82) is 0 Å². The molecular formula is C67H129NO4. The zero-order chi connectivity index (χ0) is 52.2. The fourth-order valence-corrected chi connectivity index (χ4v) is 10.4. The van der Waals surface area contributed by atoms with Crippen LogP contribution in [-0.2, 0) is 4.79 Å². The summed E-state index contributed by atoms with van der Waals surface area (Å²) in [6.07, 6.45) is 82.0. The van der Waals surface area contributed by atoms with E-state index in [1.165, 1.54) is 289 Å². The van der Waals surface area contributed by atoms with E-state index in [1.54, 1.807) is 0 Å². The Morgan fingerprint density at radius 1 is 0.347 bits per heavy atom. The van der Waals surface area contributed by atoms with Crippen LogP contribution in [0.4, 0.5) is 0 Å². The minimum absolute atomic E-state index is 0.148. The summed E-state index contributed by atoms with van der Waals surface area (Å²) in [4.78, 5) is 12.6. The Bertz CT molecular complexity index is 1120. The van der Waals surface area contributed by atoms with Crippen LogP contribution in [0.15, 0.2) is 36.5 Å². The number of hydrogen-bond acceptors (Lipinski definition) is 4. The van der Waals surface area contributed by atoms with Gasteiger partial charge in [-0.2, -0.15) is 0 Å². The van der Waals surface area contributed by atoms with E-state index in [9.17, 15) is 20.1 Å². The number of aliphatic hydroxyl groups is 3. The van der Waals surface area contributed by atoms with Gasteiger partial charge in [0.1, 0.15) is 6.10 Å². The second-order valence-corrected chi connectivity index (χ2v) is 22.7. The van der Waals surface area contributed by atoms with Crippen LogP contribution in [0.1, 0.15) is 361 Å². The van der Waals surface area contributed by atoms with E-state index < -0.39 is 18.2 Å². The molecule has 5 heteroatoms. The molecule has 72 heavy (non-hydrogen) atoms. The van der Waals surface area contributed by atoms with Crippen molar-refractivity contribution in [3.8, 4) is 0 Å². The van der Waals surface area contributed by atoms with Crippen LogP contribution < -0.4 is 5.32 Å². The van der Waals surface area contributed by atoms with Gasteiger partial charge >= 0.3 is 0 Å². The molecule has 0 aromatic rings. The summed E-state index contributed by atoms with van der Waals surface area (Å²) in [6.45, 7) is 4.21. The van der Waals surface area contributed by atoms with Gasteiger partial charge in [0, 0.05) is 6.42 Å². The van der Waals surface area contributed by atoms with Crippen molar-refractivity contribution < 1.29 is 20.1 Å². The number of unbranched alkanes of at least 4 members (excludes halogenated alkanes) is 47. The third-order valence-electron chi connectivity index (χ3n) is 15.5. The third-order valence-corrected chi connectivity index (χ3v) is 15.5. The Balaban J connectivity index is 3.50. The molecule has 0 spiro atoms. The quantitative estimate of drug-likeness (QED) is 0.0361. The summed E-state index contributed by atoms with van der Waals surface area (Å²) in [5, 5.41) is 33.9. The average molecular weight is 1010 g/mol. The largest absolute Gasteiger partial charge is 0.394 e. The lowest BCUT2D eigenvalue weighted by molar-refractivity contribution is -0.124. The van der Waals surface area contributed by atoms with Crippen LogP contribution in [-0.4, -0.2) is 46.1 Å². The van der Waals surface area contributed by atoms with Crippen LogP contribution in [0.3, 0.4) is 0 Å². The van der Waals surface area contributed by atoms with Crippen LogP contribution in [0.25, 0.3) is 0 Å². The molecule has 0 aromatic heterocycles. The molecule has 0 heterocycles. The maximum Gasteiger partial charge on any atom is 0.220 e. The molecule has 0 radical (unpaired) electrons. The van der Waals surface area contributed by atoms with Gasteiger partial charge in [-0.05, 0) is 70.6 Å². The highest BCUT2D eigenvalue weighted by Gasteiger charge is 2.26. The summed E-state index contributed by atoms with van der Waals surface area (Å²) in [5.41, 5.74) is 0. The van der Waals surface area contributed by atoms with Crippen molar-refractivity contribution in [2.45, 2.75) is 379 Å². The molecule has 0 fully saturated rings. The Hall–Kier alpha value is -1.43. The maximum absolute atomic E-state index is 12.6. The Kier molecular flexibility index (Phi) is 60.9. The molecule has 0 bridgehead atoms. The first-order valence-corrected chi connectivity index (χ1v) is 32.8. The average Bonchev–Trinajstić information content (AvgIpc) is 3.39. The highest BCUT2D eigenvalue weighted by molar-refractivity contribution is 5.76. The zero-order valence-corrected chi connectivity index (χ0v) is 48.8. The highest BCUT2D eigenvalue weighted by Crippen LogP contribution is 2.18. The number of carbonyl (C=O) groups is 1. The minimum atomic E-state index is -1.16. The van der Waals surface area contributed by atoms with Gasteiger partial charge in [-0.25, -0.2) is 0 Å². The van der Waals surface area contributed by atoms with E-state index in [0.29, 0.717) is 12.8 Å². The second-order valence-electron chi connectivity index (χ2n) is 22.7. The topological polar surface area (TPSA) is 89.8 Å². The van der Waals surface area contributed by atoms with Gasteiger partial charge in [0.15, 0.2) is 0 Å². The van der Waals surface area contributed by atoms with E-state index in [4.69, 9.17) is 0 Å². The first kappa shape index (κ1) is 70.6. The van der Waals surface area contributed by atoms with Gasteiger partial charge in [0.25, 0.3) is 0 Å². The van der Waals surface area contributed by atoms with Gasteiger partial charge in [0.05, 0.1) is 18.8 Å². The molecule has 5 nitrogen and oxygen atoms in total. The summed E-state index contributed by atoms with van der Waals surface area (Å²) >= 11 is 0. The third kappa shape index (κ3) is 56.3.